The molecule has 0 aliphatic heterocycles. The number of aromatic amines is 1. The highest BCUT2D eigenvalue weighted by molar-refractivity contribution is 7.99. The molecule has 1 heterocycles. The van der Waals surface area contributed by atoms with Gasteiger partial charge in [0.05, 0.1) is 5.02 Å². The molecular weight excluding hydrogens is 308 g/mol. The third-order valence-corrected chi connectivity index (χ3v) is 4.47. The Balaban J connectivity index is 2.05. The van der Waals surface area contributed by atoms with Gasteiger partial charge in [-0.15, -0.1) is 5.10 Å². The van der Waals surface area contributed by atoms with Crippen LogP contribution in [0.5, 0.6) is 0 Å². The second kappa shape index (κ2) is 7.15. The lowest BCUT2D eigenvalue weighted by molar-refractivity contribution is 0.552. The molecule has 0 radical (unpaired) electrons. The minimum absolute atomic E-state index is 0.233. The van der Waals surface area contributed by atoms with Crippen LogP contribution in [0.1, 0.15) is 19.4 Å². The van der Waals surface area contributed by atoms with Crippen molar-refractivity contribution >= 4 is 23.4 Å². The van der Waals surface area contributed by atoms with Gasteiger partial charge in [-0.1, -0.05) is 31.5 Å². The first-order valence-corrected chi connectivity index (χ1v) is 7.95. The summed E-state index contributed by atoms with van der Waals surface area (Å²) in [6, 6.07) is 5.94. The van der Waals surface area contributed by atoms with E-state index in [-0.39, 0.29) is 5.69 Å². The smallest absolute Gasteiger partial charge is 0.312 e. The van der Waals surface area contributed by atoms with Crippen molar-refractivity contribution < 1.29 is 0 Å². The second-order valence-electron chi connectivity index (χ2n) is 5.26. The Bertz CT molecular complexity index is 665. The Kier molecular flexibility index (Phi) is 5.50. The van der Waals surface area contributed by atoms with E-state index in [1.807, 2.05) is 18.2 Å². The van der Waals surface area contributed by atoms with Crippen LogP contribution in [0.15, 0.2) is 33.0 Å². The van der Waals surface area contributed by atoms with Gasteiger partial charge < -0.3 is 5.32 Å². The van der Waals surface area contributed by atoms with Crippen LogP contribution in [0.4, 0.5) is 0 Å². The maximum absolute atomic E-state index is 11.3. The number of rotatable bonds is 6. The highest BCUT2D eigenvalue weighted by Crippen LogP contribution is 2.31. The fourth-order valence-corrected chi connectivity index (χ4v) is 2.88. The van der Waals surface area contributed by atoms with E-state index in [2.05, 4.69) is 29.4 Å². The molecule has 0 bridgehead atoms. The minimum atomic E-state index is -0.233. The zero-order valence-corrected chi connectivity index (χ0v) is 13.9. The van der Waals surface area contributed by atoms with Crippen molar-refractivity contribution in [3.05, 3.63) is 39.3 Å². The van der Waals surface area contributed by atoms with Crippen molar-refractivity contribution in [3.8, 4) is 0 Å². The van der Waals surface area contributed by atoms with Gasteiger partial charge in [0.15, 0.2) is 5.16 Å². The molecule has 2 aromatic rings. The topological polar surface area (TPSA) is 62.7 Å². The molecule has 21 heavy (non-hydrogen) atoms. The molecule has 2 N–H and O–H groups in total. The fourth-order valence-electron chi connectivity index (χ4n) is 1.76. The van der Waals surface area contributed by atoms with Gasteiger partial charge in [-0.05, 0) is 41.9 Å². The van der Waals surface area contributed by atoms with E-state index in [1.54, 1.807) is 7.05 Å². The summed E-state index contributed by atoms with van der Waals surface area (Å²) in [5.74, 6) is 0.622. The zero-order chi connectivity index (χ0) is 15.4. The number of halogens is 1. The van der Waals surface area contributed by atoms with E-state index in [0.717, 1.165) is 23.5 Å². The summed E-state index contributed by atoms with van der Waals surface area (Å²) < 4.78 is 1.46. The molecule has 2 rings (SSSR count). The van der Waals surface area contributed by atoms with E-state index in [0.29, 0.717) is 16.1 Å². The molecule has 0 saturated carbocycles. The quantitative estimate of drug-likeness (QED) is 0.856. The maximum atomic E-state index is 11.3. The lowest BCUT2D eigenvalue weighted by atomic mass is 10.2. The molecule has 0 aliphatic rings. The molecule has 5 nitrogen and oxygen atoms in total. The summed E-state index contributed by atoms with van der Waals surface area (Å²) in [6.07, 6.45) is 0. The normalized spacial score (nSPS) is 11.3. The van der Waals surface area contributed by atoms with Crippen LogP contribution in [-0.4, -0.2) is 21.3 Å². The monoisotopic (exact) mass is 326 g/mol. The molecule has 114 valence electrons. The summed E-state index contributed by atoms with van der Waals surface area (Å²) >= 11 is 7.67. The van der Waals surface area contributed by atoms with Crippen LogP contribution in [0.2, 0.25) is 5.02 Å². The molecule has 0 amide bonds. The van der Waals surface area contributed by atoms with E-state index < -0.39 is 0 Å². The Morgan fingerprint density at radius 3 is 2.81 bits per heavy atom. The first kappa shape index (κ1) is 16.1. The third kappa shape index (κ3) is 4.36. The SMILES string of the molecule is CC(C)CNCc1ccc(Sc2n[nH]c(=O)n2C)c(Cl)c1. The largest absolute Gasteiger partial charge is 0.343 e. The predicted molar refractivity (Wildman–Crippen MR) is 85.9 cm³/mol. The number of benzene rings is 1. The molecule has 1 aromatic carbocycles. The predicted octanol–water partition coefficient (Wildman–Crippen LogP) is 2.66. The number of nitrogens with zero attached hydrogens (tertiary/aromatic N) is 2. The van der Waals surface area contributed by atoms with E-state index in [9.17, 15) is 4.79 Å². The van der Waals surface area contributed by atoms with Crippen molar-refractivity contribution in [1.29, 1.82) is 0 Å². The minimum Gasteiger partial charge on any atom is -0.312 e. The Labute approximate surface area is 133 Å². The molecule has 0 atom stereocenters. The van der Waals surface area contributed by atoms with Gasteiger partial charge >= 0.3 is 5.69 Å². The van der Waals surface area contributed by atoms with Crippen LogP contribution < -0.4 is 11.0 Å². The fraction of sp³-hybridized carbons (Fsp3) is 0.429. The molecule has 0 spiro atoms. The first-order chi connectivity index (χ1) is 9.97. The summed E-state index contributed by atoms with van der Waals surface area (Å²) in [5.41, 5.74) is 0.907. The maximum Gasteiger partial charge on any atom is 0.343 e. The average Bonchev–Trinajstić information content (AvgIpc) is 2.73. The molecule has 0 fully saturated rings. The molecular formula is C14H19ClN4OS. The van der Waals surface area contributed by atoms with Crippen LogP contribution in [0.25, 0.3) is 0 Å². The molecule has 0 saturated heterocycles. The highest BCUT2D eigenvalue weighted by Gasteiger charge is 2.09. The van der Waals surface area contributed by atoms with Gasteiger partial charge in [-0.3, -0.25) is 4.57 Å². The molecule has 1 aromatic heterocycles. The number of nitrogens with one attached hydrogen (secondary N) is 2. The standard InChI is InChI=1S/C14H19ClN4OS/c1-9(2)7-16-8-10-4-5-12(11(15)6-10)21-14-18-17-13(20)19(14)3/h4-6,9,16H,7-8H2,1-3H3,(H,17,20). The van der Waals surface area contributed by atoms with E-state index in [1.165, 1.54) is 16.3 Å². The van der Waals surface area contributed by atoms with Gasteiger partial charge in [0.1, 0.15) is 0 Å². The van der Waals surface area contributed by atoms with Crippen molar-refractivity contribution in [2.45, 2.75) is 30.4 Å². The summed E-state index contributed by atoms with van der Waals surface area (Å²) in [6.45, 7) is 6.12. The number of H-pyrrole nitrogens is 1. The van der Waals surface area contributed by atoms with Gasteiger partial charge in [-0.2, -0.15) is 0 Å². The second-order valence-corrected chi connectivity index (χ2v) is 6.68. The molecule has 0 aliphatic carbocycles. The van der Waals surface area contributed by atoms with Crippen molar-refractivity contribution in [3.63, 3.8) is 0 Å². The van der Waals surface area contributed by atoms with Gasteiger partial charge in [0.2, 0.25) is 0 Å². The van der Waals surface area contributed by atoms with E-state index >= 15 is 0 Å². The molecule has 0 unspecified atom stereocenters. The molecule has 7 heteroatoms. The van der Waals surface area contributed by atoms with Crippen LogP contribution >= 0.6 is 23.4 Å². The van der Waals surface area contributed by atoms with Gasteiger partial charge in [-0.25, -0.2) is 9.89 Å². The zero-order valence-electron chi connectivity index (χ0n) is 12.3. The van der Waals surface area contributed by atoms with Crippen LogP contribution in [0, 0.1) is 5.92 Å². The van der Waals surface area contributed by atoms with Crippen LogP contribution in [0.3, 0.4) is 0 Å². The van der Waals surface area contributed by atoms with Crippen LogP contribution in [-0.2, 0) is 13.6 Å². The lowest BCUT2D eigenvalue weighted by Crippen LogP contribution is -2.18. The Hall–Kier alpha value is -1.24. The highest BCUT2D eigenvalue weighted by atomic mass is 35.5. The summed E-state index contributed by atoms with van der Waals surface area (Å²) in [4.78, 5) is 12.2. The van der Waals surface area contributed by atoms with Crippen molar-refractivity contribution in [1.82, 2.24) is 20.1 Å². The van der Waals surface area contributed by atoms with Crippen molar-refractivity contribution in [2.75, 3.05) is 6.54 Å². The Morgan fingerprint density at radius 1 is 1.48 bits per heavy atom. The van der Waals surface area contributed by atoms with Gasteiger partial charge in [0.25, 0.3) is 0 Å². The first-order valence-electron chi connectivity index (χ1n) is 6.75. The Morgan fingerprint density at radius 2 is 2.24 bits per heavy atom. The third-order valence-electron chi connectivity index (χ3n) is 2.92. The average molecular weight is 327 g/mol. The number of aromatic nitrogens is 3. The number of hydrogen-bond donors (Lipinski definition) is 2. The van der Waals surface area contributed by atoms with Crippen molar-refractivity contribution in [2.24, 2.45) is 13.0 Å². The number of hydrogen-bond acceptors (Lipinski definition) is 4. The lowest BCUT2D eigenvalue weighted by Gasteiger charge is -2.09. The van der Waals surface area contributed by atoms with E-state index in [4.69, 9.17) is 11.6 Å². The summed E-state index contributed by atoms with van der Waals surface area (Å²) in [5, 5.41) is 11.0. The van der Waals surface area contributed by atoms with Gasteiger partial charge in [0, 0.05) is 18.5 Å². The summed E-state index contributed by atoms with van der Waals surface area (Å²) in [7, 11) is 1.67.